The van der Waals surface area contributed by atoms with Gasteiger partial charge in [0.1, 0.15) is 6.61 Å². The van der Waals surface area contributed by atoms with Gasteiger partial charge in [-0.15, -0.1) is 0 Å². The number of fused-ring (bicyclic) bond motifs is 3. The quantitative estimate of drug-likeness (QED) is 0.638. The molecular weight excluding hydrogens is 444 g/mol. The molecule has 3 aliphatic rings. The van der Waals surface area contributed by atoms with Crippen LogP contribution in [-0.2, 0) is 14.3 Å². The molecule has 2 amide bonds. The standard InChI is InChI=1S/C28H32N2O5/c31-26(32)16-18-8-7-15-30(18)27(33)23-13-5-6-14-25(23)29-28(34)35-17-24-21-11-3-1-9-19(21)20-10-2-4-12-22(20)24/h1-4,9-12,18,23-25H,5-8,13-17H2,(H,29,34)(H,31,32). The second-order valence-electron chi connectivity index (χ2n) is 9.89. The molecule has 3 atom stereocenters. The highest BCUT2D eigenvalue weighted by atomic mass is 16.5. The zero-order valence-corrected chi connectivity index (χ0v) is 19.8. The lowest BCUT2D eigenvalue weighted by Crippen LogP contribution is -2.51. The number of carbonyl (C=O) groups is 3. The van der Waals surface area contributed by atoms with Gasteiger partial charge in [-0.25, -0.2) is 4.79 Å². The summed E-state index contributed by atoms with van der Waals surface area (Å²) in [5.74, 6) is -1.26. The maximum atomic E-state index is 13.4. The predicted molar refractivity (Wildman–Crippen MR) is 131 cm³/mol. The Bertz CT molecular complexity index is 1070. The number of aliphatic carboxylic acids is 1. The molecule has 0 radical (unpaired) electrons. The molecule has 7 nitrogen and oxygen atoms in total. The van der Waals surface area contributed by atoms with Crippen LogP contribution in [0.4, 0.5) is 4.79 Å². The van der Waals surface area contributed by atoms with Crippen LogP contribution in [0, 0.1) is 5.92 Å². The van der Waals surface area contributed by atoms with E-state index >= 15 is 0 Å². The molecule has 0 aromatic heterocycles. The van der Waals surface area contributed by atoms with Gasteiger partial charge in [-0.2, -0.15) is 0 Å². The van der Waals surface area contributed by atoms with Crippen LogP contribution in [0.1, 0.15) is 62.0 Å². The zero-order valence-electron chi connectivity index (χ0n) is 19.8. The molecule has 0 bridgehead atoms. The number of hydrogen-bond acceptors (Lipinski definition) is 4. The summed E-state index contributed by atoms with van der Waals surface area (Å²) in [6, 6.07) is 15.9. The van der Waals surface area contributed by atoms with Crippen LogP contribution in [0.25, 0.3) is 11.1 Å². The van der Waals surface area contributed by atoms with Gasteiger partial charge >= 0.3 is 12.1 Å². The molecule has 1 saturated heterocycles. The fourth-order valence-electron chi connectivity index (χ4n) is 6.14. The highest BCUT2D eigenvalue weighted by molar-refractivity contribution is 5.82. The van der Waals surface area contributed by atoms with Gasteiger partial charge in [-0.3, -0.25) is 9.59 Å². The van der Waals surface area contributed by atoms with E-state index in [0.717, 1.165) is 43.2 Å². The van der Waals surface area contributed by atoms with Crippen LogP contribution in [0.2, 0.25) is 0 Å². The van der Waals surface area contributed by atoms with Crippen molar-refractivity contribution in [3.05, 3.63) is 59.7 Å². The highest BCUT2D eigenvalue weighted by Crippen LogP contribution is 2.44. The molecule has 1 aliphatic heterocycles. The number of carboxylic acid groups (broad SMARTS) is 1. The minimum atomic E-state index is -0.883. The van der Waals surface area contributed by atoms with Crippen LogP contribution in [0.15, 0.2) is 48.5 Å². The minimum absolute atomic E-state index is 0.0155. The van der Waals surface area contributed by atoms with Crippen LogP contribution in [-0.4, -0.2) is 53.2 Å². The smallest absolute Gasteiger partial charge is 0.407 e. The zero-order chi connectivity index (χ0) is 24.4. The Balaban J connectivity index is 1.23. The van der Waals surface area contributed by atoms with E-state index in [1.165, 1.54) is 11.1 Å². The molecule has 2 fully saturated rings. The lowest BCUT2D eigenvalue weighted by molar-refractivity contribution is -0.142. The third kappa shape index (κ3) is 4.77. The summed E-state index contributed by atoms with van der Waals surface area (Å²) in [5.41, 5.74) is 4.67. The maximum absolute atomic E-state index is 13.4. The molecule has 35 heavy (non-hydrogen) atoms. The number of benzene rings is 2. The van der Waals surface area contributed by atoms with E-state index in [0.29, 0.717) is 13.0 Å². The first kappa shape index (κ1) is 23.4. The number of likely N-dealkylation sites (tertiary alicyclic amines) is 1. The second kappa shape index (κ2) is 10.1. The number of nitrogens with one attached hydrogen (secondary N) is 1. The molecule has 184 valence electrons. The normalized spacial score (nSPS) is 23.4. The number of carboxylic acids is 1. The first-order chi connectivity index (χ1) is 17.0. The van der Waals surface area contributed by atoms with E-state index < -0.39 is 12.1 Å². The van der Waals surface area contributed by atoms with E-state index in [1.54, 1.807) is 4.90 Å². The molecule has 1 saturated carbocycles. The van der Waals surface area contributed by atoms with Crippen molar-refractivity contribution in [3.8, 4) is 11.1 Å². The third-order valence-electron chi connectivity index (χ3n) is 7.80. The molecule has 3 unspecified atom stereocenters. The molecule has 5 rings (SSSR count). The Hall–Kier alpha value is -3.35. The van der Waals surface area contributed by atoms with Crippen LogP contribution in [0.5, 0.6) is 0 Å². The number of amides is 2. The van der Waals surface area contributed by atoms with E-state index in [1.807, 2.05) is 24.3 Å². The van der Waals surface area contributed by atoms with Gasteiger partial charge in [0, 0.05) is 24.5 Å². The lowest BCUT2D eigenvalue weighted by Gasteiger charge is -2.35. The van der Waals surface area contributed by atoms with Gasteiger partial charge in [-0.1, -0.05) is 61.4 Å². The number of nitrogens with zero attached hydrogens (tertiary/aromatic N) is 1. The minimum Gasteiger partial charge on any atom is -0.481 e. The lowest BCUT2D eigenvalue weighted by atomic mass is 9.83. The van der Waals surface area contributed by atoms with Crippen molar-refractivity contribution in [2.75, 3.05) is 13.2 Å². The maximum Gasteiger partial charge on any atom is 0.407 e. The van der Waals surface area contributed by atoms with E-state index in [-0.39, 0.29) is 42.9 Å². The summed E-state index contributed by atoms with van der Waals surface area (Å²) in [4.78, 5) is 39.2. The van der Waals surface area contributed by atoms with E-state index in [2.05, 4.69) is 29.6 Å². The van der Waals surface area contributed by atoms with Crippen molar-refractivity contribution in [1.29, 1.82) is 0 Å². The van der Waals surface area contributed by atoms with Crippen LogP contribution >= 0.6 is 0 Å². The van der Waals surface area contributed by atoms with Crippen molar-refractivity contribution >= 4 is 18.0 Å². The largest absolute Gasteiger partial charge is 0.481 e. The molecule has 2 aromatic carbocycles. The second-order valence-corrected chi connectivity index (χ2v) is 9.89. The van der Waals surface area contributed by atoms with Crippen LogP contribution < -0.4 is 5.32 Å². The first-order valence-electron chi connectivity index (χ1n) is 12.7. The summed E-state index contributed by atoms with van der Waals surface area (Å²) >= 11 is 0. The molecule has 7 heteroatoms. The Morgan fingerprint density at radius 1 is 0.914 bits per heavy atom. The fourth-order valence-corrected chi connectivity index (χ4v) is 6.14. The molecule has 2 aliphatic carbocycles. The topological polar surface area (TPSA) is 95.9 Å². The van der Waals surface area contributed by atoms with E-state index in [4.69, 9.17) is 4.74 Å². The molecule has 0 spiro atoms. The number of rotatable bonds is 6. The number of alkyl carbamates (subject to hydrolysis) is 1. The van der Waals surface area contributed by atoms with Crippen molar-refractivity contribution in [1.82, 2.24) is 10.2 Å². The van der Waals surface area contributed by atoms with Gasteiger partial charge in [0.15, 0.2) is 0 Å². The third-order valence-corrected chi connectivity index (χ3v) is 7.80. The van der Waals surface area contributed by atoms with Crippen molar-refractivity contribution in [3.63, 3.8) is 0 Å². The SMILES string of the molecule is O=C(O)CC1CCCN1C(=O)C1CCCCC1NC(=O)OCC1c2ccccc2-c2ccccc21. The highest BCUT2D eigenvalue weighted by Gasteiger charge is 2.39. The van der Waals surface area contributed by atoms with Gasteiger partial charge in [0.2, 0.25) is 5.91 Å². The summed E-state index contributed by atoms with van der Waals surface area (Å²) in [6.07, 6.45) is 4.30. The summed E-state index contributed by atoms with van der Waals surface area (Å²) in [5, 5.41) is 12.2. The average Bonchev–Trinajstić information content (AvgIpc) is 3.44. The summed E-state index contributed by atoms with van der Waals surface area (Å²) in [7, 11) is 0. The first-order valence-corrected chi connectivity index (χ1v) is 12.7. The van der Waals surface area contributed by atoms with E-state index in [9.17, 15) is 19.5 Å². The number of hydrogen-bond donors (Lipinski definition) is 2. The monoisotopic (exact) mass is 476 g/mol. The van der Waals surface area contributed by atoms with Crippen molar-refractivity contribution in [2.45, 2.75) is 62.9 Å². The Morgan fingerprint density at radius 2 is 1.57 bits per heavy atom. The summed E-state index contributed by atoms with van der Waals surface area (Å²) in [6.45, 7) is 0.822. The van der Waals surface area contributed by atoms with Gasteiger partial charge in [0.05, 0.1) is 12.3 Å². The summed E-state index contributed by atoms with van der Waals surface area (Å²) < 4.78 is 5.72. The predicted octanol–water partition coefficient (Wildman–Crippen LogP) is 4.55. The average molecular weight is 477 g/mol. The molecule has 1 heterocycles. The number of ether oxygens (including phenoxy) is 1. The number of carbonyl (C=O) groups excluding carboxylic acids is 2. The fraction of sp³-hybridized carbons (Fsp3) is 0.464. The molecule has 2 N–H and O–H groups in total. The van der Waals surface area contributed by atoms with Gasteiger partial charge in [0.25, 0.3) is 0 Å². The Labute approximate surface area is 205 Å². The van der Waals surface area contributed by atoms with Crippen LogP contribution in [0.3, 0.4) is 0 Å². The molecular formula is C28H32N2O5. The Kier molecular flexibility index (Phi) is 6.75. The Morgan fingerprint density at radius 3 is 2.26 bits per heavy atom. The van der Waals surface area contributed by atoms with Gasteiger partial charge < -0.3 is 20.1 Å². The van der Waals surface area contributed by atoms with Crippen molar-refractivity contribution < 1.29 is 24.2 Å². The van der Waals surface area contributed by atoms with Gasteiger partial charge in [-0.05, 0) is 47.9 Å². The van der Waals surface area contributed by atoms with Crippen molar-refractivity contribution in [2.24, 2.45) is 5.92 Å². The molecule has 2 aromatic rings.